The third-order valence-corrected chi connectivity index (χ3v) is 11.8. The molecule has 2 aliphatic heterocycles. The lowest BCUT2D eigenvalue weighted by Gasteiger charge is -2.27. The van der Waals surface area contributed by atoms with Crippen molar-refractivity contribution in [1.29, 1.82) is 0 Å². The zero-order chi connectivity index (χ0) is 41.5. The molecule has 6 aromatic rings. The molecule has 2 aliphatic rings. The summed E-state index contributed by atoms with van der Waals surface area (Å²) in [6.45, 7) is 3.31. The van der Waals surface area contributed by atoms with Crippen LogP contribution in [-0.2, 0) is 0 Å². The highest BCUT2D eigenvalue weighted by molar-refractivity contribution is 6.37. The molecule has 0 unspecified atom stereocenters. The number of aromatic nitrogens is 2. The van der Waals surface area contributed by atoms with Crippen LogP contribution in [-0.4, -0.2) is 57.9 Å². The van der Waals surface area contributed by atoms with Gasteiger partial charge in [-0.15, -0.1) is 0 Å². The Balaban J connectivity index is 0.000000179. The van der Waals surface area contributed by atoms with Crippen molar-refractivity contribution in [2.75, 3.05) is 26.2 Å². The van der Waals surface area contributed by atoms with Gasteiger partial charge in [0.2, 0.25) is 0 Å². The topological polar surface area (TPSA) is 78.4 Å². The summed E-state index contributed by atoms with van der Waals surface area (Å²) in [6.07, 6.45) is 9.85. The van der Waals surface area contributed by atoms with E-state index in [9.17, 15) is 9.59 Å². The molecule has 2 fully saturated rings. The van der Waals surface area contributed by atoms with Crippen molar-refractivity contribution in [3.05, 3.63) is 151 Å². The number of piperidine rings is 2. The molecule has 2 amide bonds. The van der Waals surface area contributed by atoms with E-state index in [0.29, 0.717) is 52.7 Å². The molecule has 4 heterocycles. The number of carbonyl (C=O) groups is 2. The number of rotatable bonds is 7. The van der Waals surface area contributed by atoms with Gasteiger partial charge in [-0.05, 0) is 116 Å². The van der Waals surface area contributed by atoms with Gasteiger partial charge in [-0.1, -0.05) is 100 Å². The van der Waals surface area contributed by atoms with Crippen LogP contribution >= 0.6 is 69.6 Å². The summed E-state index contributed by atoms with van der Waals surface area (Å²) in [5, 5.41) is 5.37. The molecule has 1 N–H and O–H groups in total. The minimum Gasteiger partial charge on any atom is -0.339 e. The van der Waals surface area contributed by atoms with Gasteiger partial charge in [0, 0.05) is 80.9 Å². The maximum Gasteiger partial charge on any atom is 0.267 e. The van der Waals surface area contributed by atoms with Crippen molar-refractivity contribution >= 4 is 81.4 Å². The Bertz CT molecular complexity index is 2450. The van der Waals surface area contributed by atoms with Crippen molar-refractivity contribution in [1.82, 2.24) is 25.3 Å². The summed E-state index contributed by atoms with van der Waals surface area (Å²) in [5.41, 5.74) is 10.4. The molecule has 7 nitrogen and oxygen atoms in total. The molecular weight excluding hydrogens is 867 g/mol. The van der Waals surface area contributed by atoms with Gasteiger partial charge < -0.3 is 4.90 Å². The fraction of sp³-hybridized carbons (Fsp3) is 0.217. The van der Waals surface area contributed by atoms with Crippen LogP contribution < -0.4 is 5.43 Å². The smallest absolute Gasteiger partial charge is 0.267 e. The molecule has 59 heavy (non-hydrogen) atoms. The molecule has 0 bridgehead atoms. The molecule has 0 aliphatic carbocycles. The maximum atomic E-state index is 13.0. The summed E-state index contributed by atoms with van der Waals surface area (Å²) in [6, 6.07) is 29.3. The number of benzene rings is 4. The van der Waals surface area contributed by atoms with E-state index in [2.05, 4.69) is 15.4 Å². The van der Waals surface area contributed by atoms with Crippen LogP contribution in [0, 0.1) is 0 Å². The van der Waals surface area contributed by atoms with Gasteiger partial charge in [0.25, 0.3) is 11.8 Å². The highest BCUT2D eigenvalue weighted by Crippen LogP contribution is 2.38. The highest BCUT2D eigenvalue weighted by atomic mass is 35.5. The van der Waals surface area contributed by atoms with Gasteiger partial charge in [0.1, 0.15) is 0 Å². The SMILES string of the molecule is O=C(NN1CCCCC1)c1cnc(-c2ccc(Cl)cc2Cl)c(-c2ccc(Cl)cc2)c1.O=C(c1cnc(-c2ccc(Cl)cc2Cl)c(-c2ccc(Cl)cc2)c1)N1CCCCC1. The van der Waals surface area contributed by atoms with Crippen LogP contribution in [0.25, 0.3) is 44.8 Å². The molecule has 0 radical (unpaired) electrons. The number of nitrogens with one attached hydrogen (secondary N) is 1. The number of hydrogen-bond acceptors (Lipinski definition) is 5. The lowest BCUT2D eigenvalue weighted by molar-refractivity contribution is 0.0722. The normalized spacial score (nSPS) is 14.3. The zero-order valence-corrected chi connectivity index (χ0v) is 36.4. The molecule has 2 saturated heterocycles. The van der Waals surface area contributed by atoms with Crippen molar-refractivity contribution in [3.8, 4) is 44.8 Å². The van der Waals surface area contributed by atoms with E-state index < -0.39 is 0 Å². The van der Waals surface area contributed by atoms with Gasteiger partial charge >= 0.3 is 0 Å². The van der Waals surface area contributed by atoms with Gasteiger partial charge in [-0.3, -0.25) is 25.0 Å². The molecule has 0 atom stereocenters. The average molecular weight is 907 g/mol. The second kappa shape index (κ2) is 19.9. The molecule has 13 heteroatoms. The largest absolute Gasteiger partial charge is 0.339 e. The van der Waals surface area contributed by atoms with Crippen LogP contribution in [0.3, 0.4) is 0 Å². The Kier molecular flexibility index (Phi) is 14.5. The lowest BCUT2D eigenvalue weighted by Crippen LogP contribution is -2.45. The average Bonchev–Trinajstić information content (AvgIpc) is 3.25. The second-order valence-corrected chi connectivity index (χ2v) is 16.9. The summed E-state index contributed by atoms with van der Waals surface area (Å²) < 4.78 is 0. The fourth-order valence-electron chi connectivity index (χ4n) is 7.16. The van der Waals surface area contributed by atoms with E-state index >= 15 is 0 Å². The van der Waals surface area contributed by atoms with Gasteiger partial charge in [0.15, 0.2) is 0 Å². The number of likely N-dealkylation sites (tertiary alicyclic amines) is 1. The number of hydrazine groups is 1. The molecule has 0 saturated carbocycles. The molecule has 4 aromatic carbocycles. The Morgan fingerprint density at radius 1 is 0.475 bits per heavy atom. The maximum absolute atomic E-state index is 13.0. The number of carbonyl (C=O) groups excluding carboxylic acids is 2. The Hall–Kier alpha value is -4.18. The van der Waals surface area contributed by atoms with Crippen LogP contribution in [0.2, 0.25) is 30.1 Å². The van der Waals surface area contributed by atoms with Crippen molar-refractivity contribution in [2.45, 2.75) is 38.5 Å². The fourth-order valence-corrected chi connectivity index (χ4v) is 8.40. The highest BCUT2D eigenvalue weighted by Gasteiger charge is 2.22. The van der Waals surface area contributed by atoms with E-state index in [1.165, 1.54) is 12.8 Å². The van der Waals surface area contributed by atoms with Gasteiger partial charge in [0.05, 0.1) is 32.6 Å². The first-order chi connectivity index (χ1) is 28.5. The van der Waals surface area contributed by atoms with E-state index in [0.717, 1.165) is 85.2 Å². The number of pyridine rings is 2. The summed E-state index contributed by atoms with van der Waals surface area (Å²) in [4.78, 5) is 37.0. The number of halogens is 6. The summed E-state index contributed by atoms with van der Waals surface area (Å²) in [7, 11) is 0. The van der Waals surface area contributed by atoms with E-state index in [1.54, 1.807) is 36.7 Å². The Morgan fingerprint density at radius 3 is 1.37 bits per heavy atom. The molecule has 2 aromatic heterocycles. The molecule has 0 spiro atoms. The Labute approximate surface area is 374 Å². The second-order valence-electron chi connectivity index (χ2n) is 14.3. The standard InChI is InChI=1S/C23H20Cl3N3O.C23H19Cl3N2O/c24-17-6-4-15(5-7-17)20-12-16(23(30)28-29-10-2-1-3-11-29)14-27-22(20)19-9-8-18(25)13-21(19)26;24-17-6-4-15(5-7-17)20-12-16(23(29)28-10-2-1-3-11-28)14-27-22(20)19-9-8-18(25)13-21(19)26/h4-9,12-14H,1-3,10-11H2,(H,28,30);4-9,12-14H,1-3,10-11H2. The number of amides is 2. The van der Waals surface area contributed by atoms with E-state index in [1.807, 2.05) is 82.7 Å². The number of nitrogens with zero attached hydrogens (tertiary/aromatic N) is 4. The van der Waals surface area contributed by atoms with Crippen molar-refractivity contribution in [3.63, 3.8) is 0 Å². The summed E-state index contributed by atoms with van der Waals surface area (Å²) >= 11 is 37.2. The third kappa shape index (κ3) is 10.8. The van der Waals surface area contributed by atoms with E-state index in [-0.39, 0.29) is 11.8 Å². The monoisotopic (exact) mass is 903 g/mol. The molecule has 302 valence electrons. The van der Waals surface area contributed by atoms with E-state index in [4.69, 9.17) is 69.6 Å². The van der Waals surface area contributed by atoms with Crippen LogP contribution in [0.5, 0.6) is 0 Å². The first-order valence-corrected chi connectivity index (χ1v) is 21.6. The summed E-state index contributed by atoms with van der Waals surface area (Å²) in [5.74, 6) is -0.158. The van der Waals surface area contributed by atoms with Crippen LogP contribution in [0.15, 0.2) is 109 Å². The molecular formula is C46H39Cl6N5O2. The minimum absolute atomic E-state index is 0.0150. The van der Waals surface area contributed by atoms with Crippen molar-refractivity contribution in [2.24, 2.45) is 0 Å². The first-order valence-electron chi connectivity index (χ1n) is 19.3. The molecule has 8 rings (SSSR count). The predicted molar refractivity (Wildman–Crippen MR) is 243 cm³/mol. The lowest BCUT2D eigenvalue weighted by atomic mass is 9.97. The quantitative estimate of drug-likeness (QED) is 0.173. The predicted octanol–water partition coefficient (Wildman–Crippen LogP) is 13.5. The first kappa shape index (κ1) is 42.9. The zero-order valence-electron chi connectivity index (χ0n) is 31.8. The van der Waals surface area contributed by atoms with Crippen LogP contribution in [0.4, 0.5) is 0 Å². The number of hydrogen-bond donors (Lipinski definition) is 1. The Morgan fingerprint density at radius 2 is 0.898 bits per heavy atom. The van der Waals surface area contributed by atoms with Gasteiger partial charge in [-0.25, -0.2) is 5.01 Å². The minimum atomic E-state index is -0.173. The van der Waals surface area contributed by atoms with Gasteiger partial charge in [-0.2, -0.15) is 0 Å². The van der Waals surface area contributed by atoms with Crippen LogP contribution in [0.1, 0.15) is 59.2 Å². The van der Waals surface area contributed by atoms with Crippen molar-refractivity contribution < 1.29 is 9.59 Å². The third-order valence-electron chi connectivity index (χ3n) is 10.2.